The van der Waals surface area contributed by atoms with E-state index in [1.165, 1.54) is 12.8 Å². The summed E-state index contributed by atoms with van der Waals surface area (Å²) in [5, 5.41) is 3.37. The number of hydrogen-bond donors (Lipinski definition) is 1. The van der Waals surface area contributed by atoms with E-state index in [-0.39, 0.29) is 0 Å². The molecule has 3 nitrogen and oxygen atoms in total. The van der Waals surface area contributed by atoms with Gasteiger partial charge in [0, 0.05) is 25.4 Å². The van der Waals surface area contributed by atoms with Crippen LogP contribution in [0, 0.1) is 18.3 Å². The smallest absolute Gasteiger partial charge is 0.222 e. The van der Waals surface area contributed by atoms with Gasteiger partial charge < -0.3 is 10.2 Å². The van der Waals surface area contributed by atoms with E-state index in [1.54, 1.807) is 0 Å². The van der Waals surface area contributed by atoms with E-state index < -0.39 is 0 Å². The van der Waals surface area contributed by atoms with Gasteiger partial charge in [-0.15, -0.1) is 12.3 Å². The van der Waals surface area contributed by atoms with Crippen LogP contribution in [-0.2, 0) is 4.79 Å². The van der Waals surface area contributed by atoms with Crippen LogP contribution in [0.2, 0.25) is 0 Å². The second-order valence-corrected chi connectivity index (χ2v) is 5.74. The number of nitrogens with one attached hydrogen (secondary N) is 1. The summed E-state index contributed by atoms with van der Waals surface area (Å²) in [4.78, 5) is 14.3. The maximum atomic E-state index is 12.3. The van der Waals surface area contributed by atoms with E-state index in [0.29, 0.717) is 24.3 Å². The molecule has 0 aliphatic carbocycles. The second kappa shape index (κ2) is 8.98. The fourth-order valence-electron chi connectivity index (χ4n) is 2.59. The fourth-order valence-corrected chi connectivity index (χ4v) is 2.59. The van der Waals surface area contributed by atoms with Crippen LogP contribution in [0.25, 0.3) is 0 Å². The van der Waals surface area contributed by atoms with Crippen molar-refractivity contribution in [3.05, 3.63) is 0 Å². The monoisotopic (exact) mass is 264 g/mol. The first-order valence-electron chi connectivity index (χ1n) is 7.58. The lowest BCUT2D eigenvalue weighted by Crippen LogP contribution is -2.42. The van der Waals surface area contributed by atoms with Gasteiger partial charge in [0.2, 0.25) is 5.91 Å². The van der Waals surface area contributed by atoms with Gasteiger partial charge in [0.1, 0.15) is 0 Å². The molecule has 1 saturated heterocycles. The molecule has 1 heterocycles. The molecule has 0 unspecified atom stereocenters. The SMILES string of the molecule is C#CCCCCC(=O)N(CC1CCNCC1)C(C)C. The minimum absolute atomic E-state index is 0.297. The van der Waals surface area contributed by atoms with Gasteiger partial charge in [-0.25, -0.2) is 0 Å². The number of hydrogen-bond acceptors (Lipinski definition) is 2. The van der Waals surface area contributed by atoms with E-state index >= 15 is 0 Å². The van der Waals surface area contributed by atoms with Crippen molar-refractivity contribution in [1.29, 1.82) is 0 Å². The van der Waals surface area contributed by atoms with E-state index in [9.17, 15) is 4.79 Å². The maximum absolute atomic E-state index is 12.3. The minimum atomic E-state index is 0.297. The predicted octanol–water partition coefficient (Wildman–Crippen LogP) is 2.42. The molecule has 0 aromatic carbocycles. The number of nitrogens with zero attached hydrogens (tertiary/aromatic N) is 1. The van der Waals surface area contributed by atoms with Crippen molar-refractivity contribution < 1.29 is 4.79 Å². The molecule has 0 saturated carbocycles. The van der Waals surface area contributed by atoms with Gasteiger partial charge in [-0.05, 0) is 58.5 Å². The topological polar surface area (TPSA) is 32.3 Å². The summed E-state index contributed by atoms with van der Waals surface area (Å²) in [5.41, 5.74) is 0. The Hall–Kier alpha value is -1.01. The summed E-state index contributed by atoms with van der Waals surface area (Å²) in [6, 6.07) is 0.301. The van der Waals surface area contributed by atoms with Crippen LogP contribution in [0.3, 0.4) is 0 Å². The summed E-state index contributed by atoms with van der Waals surface area (Å²) in [6.45, 7) is 7.33. The highest BCUT2D eigenvalue weighted by atomic mass is 16.2. The molecule has 1 aliphatic heterocycles. The Kier molecular flexibility index (Phi) is 7.59. The van der Waals surface area contributed by atoms with Crippen molar-refractivity contribution in [2.24, 2.45) is 5.92 Å². The summed E-state index contributed by atoms with van der Waals surface area (Å²) < 4.78 is 0. The quantitative estimate of drug-likeness (QED) is 0.566. The maximum Gasteiger partial charge on any atom is 0.222 e. The molecule has 0 aromatic heterocycles. The Morgan fingerprint density at radius 3 is 2.63 bits per heavy atom. The standard InChI is InChI=1S/C16H28N2O/c1-4-5-6-7-8-16(19)18(14(2)3)13-15-9-11-17-12-10-15/h1,14-15,17H,5-13H2,2-3H3. The normalized spacial score (nSPS) is 16.3. The number of carbonyl (C=O) groups excluding carboxylic acids is 1. The third-order valence-electron chi connectivity index (χ3n) is 3.82. The Labute approximate surface area is 118 Å². The zero-order valence-corrected chi connectivity index (χ0v) is 12.5. The molecule has 108 valence electrons. The summed E-state index contributed by atoms with van der Waals surface area (Å²) >= 11 is 0. The molecule has 0 atom stereocenters. The lowest BCUT2D eigenvalue weighted by atomic mass is 9.96. The number of amides is 1. The molecule has 0 radical (unpaired) electrons. The summed E-state index contributed by atoms with van der Waals surface area (Å²) in [7, 11) is 0. The lowest BCUT2D eigenvalue weighted by molar-refractivity contribution is -0.133. The van der Waals surface area contributed by atoms with Crippen molar-refractivity contribution in [2.75, 3.05) is 19.6 Å². The summed E-state index contributed by atoms with van der Waals surface area (Å²) in [6.07, 6.45) is 10.9. The first kappa shape index (κ1) is 16.0. The van der Waals surface area contributed by atoms with Crippen molar-refractivity contribution in [2.45, 2.75) is 58.4 Å². The van der Waals surface area contributed by atoms with Gasteiger partial charge in [0.05, 0.1) is 0 Å². The highest BCUT2D eigenvalue weighted by molar-refractivity contribution is 5.76. The van der Waals surface area contributed by atoms with Gasteiger partial charge in [-0.1, -0.05) is 0 Å². The molecule has 3 heteroatoms. The van der Waals surface area contributed by atoms with Crippen LogP contribution in [0.4, 0.5) is 0 Å². The first-order chi connectivity index (χ1) is 9.15. The van der Waals surface area contributed by atoms with E-state index in [4.69, 9.17) is 6.42 Å². The van der Waals surface area contributed by atoms with Crippen LogP contribution in [-0.4, -0.2) is 36.5 Å². The molecule has 0 aromatic rings. The number of rotatable bonds is 7. The molecular weight excluding hydrogens is 236 g/mol. The molecule has 1 amide bonds. The number of carbonyl (C=O) groups is 1. The summed E-state index contributed by atoms with van der Waals surface area (Å²) in [5.74, 6) is 3.59. The molecule has 1 rings (SSSR count). The van der Waals surface area contributed by atoms with Gasteiger partial charge in [-0.3, -0.25) is 4.79 Å². The third kappa shape index (κ3) is 6.11. The van der Waals surface area contributed by atoms with Crippen LogP contribution in [0.1, 0.15) is 52.4 Å². The first-order valence-corrected chi connectivity index (χ1v) is 7.58. The number of piperidine rings is 1. The van der Waals surface area contributed by atoms with E-state index in [2.05, 4.69) is 30.0 Å². The molecular formula is C16H28N2O. The molecule has 1 fully saturated rings. The van der Waals surface area contributed by atoms with Crippen LogP contribution in [0.15, 0.2) is 0 Å². The van der Waals surface area contributed by atoms with Crippen molar-refractivity contribution in [3.8, 4) is 12.3 Å². The highest BCUT2D eigenvalue weighted by Gasteiger charge is 2.22. The molecule has 19 heavy (non-hydrogen) atoms. The van der Waals surface area contributed by atoms with Crippen LogP contribution >= 0.6 is 0 Å². The molecule has 1 aliphatic rings. The predicted molar refractivity (Wildman–Crippen MR) is 79.7 cm³/mol. The Balaban J connectivity index is 2.37. The molecule has 0 bridgehead atoms. The molecule has 1 N–H and O–H groups in total. The van der Waals surface area contributed by atoms with E-state index in [1.807, 2.05) is 0 Å². The van der Waals surface area contributed by atoms with Crippen LogP contribution < -0.4 is 5.32 Å². The lowest BCUT2D eigenvalue weighted by Gasteiger charge is -2.33. The Morgan fingerprint density at radius 1 is 1.37 bits per heavy atom. The zero-order chi connectivity index (χ0) is 14.1. The average molecular weight is 264 g/mol. The van der Waals surface area contributed by atoms with Crippen LogP contribution in [0.5, 0.6) is 0 Å². The van der Waals surface area contributed by atoms with Gasteiger partial charge in [-0.2, -0.15) is 0 Å². The van der Waals surface area contributed by atoms with Gasteiger partial charge >= 0.3 is 0 Å². The Morgan fingerprint density at radius 2 is 2.05 bits per heavy atom. The molecule has 0 spiro atoms. The minimum Gasteiger partial charge on any atom is -0.340 e. The van der Waals surface area contributed by atoms with E-state index in [0.717, 1.165) is 38.9 Å². The van der Waals surface area contributed by atoms with Gasteiger partial charge in [0.15, 0.2) is 0 Å². The fraction of sp³-hybridized carbons (Fsp3) is 0.812. The number of unbranched alkanes of at least 4 members (excludes halogenated alkanes) is 2. The largest absolute Gasteiger partial charge is 0.340 e. The van der Waals surface area contributed by atoms with Crippen molar-refractivity contribution >= 4 is 5.91 Å². The number of terminal acetylenes is 1. The second-order valence-electron chi connectivity index (χ2n) is 5.74. The van der Waals surface area contributed by atoms with Crippen molar-refractivity contribution in [3.63, 3.8) is 0 Å². The average Bonchev–Trinajstić information content (AvgIpc) is 2.41. The highest BCUT2D eigenvalue weighted by Crippen LogP contribution is 2.16. The zero-order valence-electron chi connectivity index (χ0n) is 12.5. The Bertz CT molecular complexity index is 300. The van der Waals surface area contributed by atoms with Crippen molar-refractivity contribution in [1.82, 2.24) is 10.2 Å². The third-order valence-corrected chi connectivity index (χ3v) is 3.82. The van der Waals surface area contributed by atoms with Gasteiger partial charge in [0.25, 0.3) is 0 Å².